The van der Waals surface area contributed by atoms with E-state index in [0.717, 1.165) is 12.8 Å². The minimum absolute atomic E-state index is 0.142. The Bertz CT molecular complexity index is 1580. The van der Waals surface area contributed by atoms with Crippen LogP contribution in [0.1, 0.15) is 92.6 Å². The molecule has 250 valence electrons. The van der Waals surface area contributed by atoms with Crippen molar-refractivity contribution in [2.24, 2.45) is 11.8 Å². The molecule has 0 saturated heterocycles. The number of ether oxygens (including phenoxy) is 3. The lowest BCUT2D eigenvalue weighted by molar-refractivity contribution is -0.135. The number of Topliss-reactive ketones (excluding diaryl/α,β-unsaturated/α-hetero) is 2. The zero-order chi connectivity index (χ0) is 34.0. The van der Waals surface area contributed by atoms with Crippen LogP contribution in [0.25, 0.3) is 0 Å². The fourth-order valence-electron chi connectivity index (χ4n) is 6.86. The number of hydrogen-bond acceptors (Lipinski definition) is 8. The molecule has 0 amide bonds. The molecule has 1 aromatic carbocycles. The molecule has 6 rings (SSSR count). The molecule has 3 atom stereocenters. The van der Waals surface area contributed by atoms with Crippen molar-refractivity contribution < 1.29 is 39.1 Å². The number of carbonyl (C=O) groups excluding carboxylic acids is 2. The molecule has 5 aliphatic rings. The quantitative estimate of drug-likeness (QED) is 0.191. The highest BCUT2D eigenvalue weighted by molar-refractivity contribution is 6.83. The summed E-state index contributed by atoms with van der Waals surface area (Å²) in [6.07, 6.45) is 6.71. The molecule has 0 spiro atoms. The number of rotatable bonds is 9. The van der Waals surface area contributed by atoms with Gasteiger partial charge in [-0.3, -0.25) is 9.59 Å². The van der Waals surface area contributed by atoms with Crippen LogP contribution in [0, 0.1) is 23.3 Å². The summed E-state index contributed by atoms with van der Waals surface area (Å²) in [5.74, 6) is 3.22. The monoisotopic (exact) mass is 650 g/mol. The lowest BCUT2D eigenvalue weighted by atomic mass is 9.63. The maximum Gasteiger partial charge on any atom is 0.194 e. The van der Waals surface area contributed by atoms with Gasteiger partial charge in [-0.1, -0.05) is 37.7 Å². The van der Waals surface area contributed by atoms with Gasteiger partial charge >= 0.3 is 0 Å². The predicted octanol–water partition coefficient (Wildman–Crippen LogP) is 5.15. The minimum atomic E-state index is -1.87. The lowest BCUT2D eigenvalue weighted by Gasteiger charge is -2.44. The van der Waals surface area contributed by atoms with Crippen molar-refractivity contribution in [3.05, 3.63) is 45.6 Å². The molecule has 8 nitrogen and oxygen atoms in total. The van der Waals surface area contributed by atoms with Gasteiger partial charge in [0.15, 0.2) is 11.6 Å². The van der Waals surface area contributed by atoms with Crippen molar-refractivity contribution in [3.63, 3.8) is 0 Å². The summed E-state index contributed by atoms with van der Waals surface area (Å²) in [6, 6.07) is 0. The Kier molecular flexibility index (Phi) is 8.83. The molecule has 0 aliphatic heterocycles. The Hall–Kier alpha value is -2.74. The van der Waals surface area contributed by atoms with Crippen LogP contribution in [-0.2, 0) is 17.6 Å². The third-order valence-electron chi connectivity index (χ3n) is 9.23. The van der Waals surface area contributed by atoms with Gasteiger partial charge in [0.2, 0.25) is 0 Å². The van der Waals surface area contributed by atoms with Crippen LogP contribution in [0.2, 0.25) is 19.6 Å². The Morgan fingerprint density at radius 1 is 0.783 bits per heavy atom. The van der Waals surface area contributed by atoms with Gasteiger partial charge in [-0.15, -0.1) is 5.54 Å². The summed E-state index contributed by atoms with van der Waals surface area (Å²) >= 11 is 0. The summed E-state index contributed by atoms with van der Waals surface area (Å²) in [5.41, 5.74) is 2.11. The third-order valence-corrected chi connectivity index (χ3v) is 10.1. The molecule has 9 heteroatoms. The Morgan fingerprint density at radius 2 is 1.24 bits per heavy atom. The molecule has 1 aromatic rings. The molecule has 0 radical (unpaired) electrons. The Morgan fingerprint density at radius 3 is 1.65 bits per heavy atom. The van der Waals surface area contributed by atoms with Gasteiger partial charge in [0.1, 0.15) is 36.4 Å². The van der Waals surface area contributed by atoms with Gasteiger partial charge in [-0.05, 0) is 67.2 Å². The summed E-state index contributed by atoms with van der Waals surface area (Å²) < 4.78 is 19.9. The van der Waals surface area contributed by atoms with Gasteiger partial charge in [0.25, 0.3) is 0 Å². The van der Waals surface area contributed by atoms with E-state index < -0.39 is 30.5 Å². The second-order valence-corrected chi connectivity index (χ2v) is 21.0. The van der Waals surface area contributed by atoms with Gasteiger partial charge in [-0.25, -0.2) is 0 Å². The predicted molar refractivity (Wildman–Crippen MR) is 179 cm³/mol. The molecule has 0 heterocycles. The molecular weight excluding hydrogens is 600 g/mol. The summed E-state index contributed by atoms with van der Waals surface area (Å²) in [5, 5.41) is 30.8. The van der Waals surface area contributed by atoms with Gasteiger partial charge in [0.05, 0.1) is 36.5 Å². The largest absolute Gasteiger partial charge is 0.484 e. The number of aliphatic hydroxyl groups excluding tert-OH is 3. The maximum atomic E-state index is 14.8. The highest BCUT2D eigenvalue weighted by Gasteiger charge is 2.50. The molecule has 3 N–H and O–H groups in total. The van der Waals surface area contributed by atoms with E-state index in [-0.39, 0.29) is 66.5 Å². The second-order valence-electron chi connectivity index (χ2n) is 16.3. The number of hydrogen-bond donors (Lipinski definition) is 3. The van der Waals surface area contributed by atoms with Crippen LogP contribution >= 0.6 is 0 Å². The first-order valence-corrected chi connectivity index (χ1v) is 20.0. The summed E-state index contributed by atoms with van der Waals surface area (Å²) in [7, 11) is -1.87. The van der Waals surface area contributed by atoms with Crippen LogP contribution in [0.5, 0.6) is 11.5 Å². The molecule has 46 heavy (non-hydrogen) atoms. The molecular formula is C37H50O8Si. The van der Waals surface area contributed by atoms with Crippen LogP contribution in [0.4, 0.5) is 0 Å². The Balaban J connectivity index is 1.84. The van der Waals surface area contributed by atoms with E-state index in [1.807, 2.05) is 26.0 Å². The molecule has 3 unspecified atom stereocenters. The smallest absolute Gasteiger partial charge is 0.194 e. The van der Waals surface area contributed by atoms with E-state index in [0.29, 0.717) is 40.9 Å². The first-order chi connectivity index (χ1) is 21.3. The van der Waals surface area contributed by atoms with Crippen LogP contribution in [-0.4, -0.2) is 77.2 Å². The molecule has 0 fully saturated rings. The molecule has 5 aliphatic carbocycles. The molecule has 0 saturated carbocycles. The van der Waals surface area contributed by atoms with E-state index in [1.165, 1.54) is 0 Å². The van der Waals surface area contributed by atoms with Crippen molar-refractivity contribution in [1.29, 1.82) is 0 Å². The third kappa shape index (κ3) is 6.39. The van der Waals surface area contributed by atoms with E-state index in [4.69, 9.17) is 14.2 Å². The first-order valence-electron chi connectivity index (χ1n) is 16.5. The number of carbonyl (C=O) groups is 2. The number of ketones is 2. The second kappa shape index (κ2) is 11.7. The number of allylic oxidation sites excluding steroid dienone is 4. The van der Waals surface area contributed by atoms with E-state index in [9.17, 15) is 24.9 Å². The summed E-state index contributed by atoms with van der Waals surface area (Å²) in [4.78, 5) is 29.4. The van der Waals surface area contributed by atoms with E-state index in [2.05, 4.69) is 31.1 Å². The summed E-state index contributed by atoms with van der Waals surface area (Å²) in [6.45, 7) is 16.2. The van der Waals surface area contributed by atoms with Crippen molar-refractivity contribution >= 4 is 19.6 Å². The molecule has 2 bridgehead atoms. The zero-order valence-corrected chi connectivity index (χ0v) is 29.8. The minimum Gasteiger partial charge on any atom is -0.484 e. The van der Waals surface area contributed by atoms with Crippen molar-refractivity contribution in [1.82, 2.24) is 0 Å². The fourth-order valence-corrected chi connectivity index (χ4v) is 7.47. The SMILES string of the molecule is CC(C)(CO)Oc1c2c(c(OC(C)(C)CO)c3c1C(=O)C1=C(C3=O)C3C=CC1CC3)CC(C#C[Si](C)(C)C)(OC(C)(C)CO)CC2. The zero-order valence-electron chi connectivity index (χ0n) is 28.8. The highest BCUT2D eigenvalue weighted by Crippen LogP contribution is 2.54. The number of benzene rings is 1. The normalized spacial score (nSPS) is 24.3. The van der Waals surface area contributed by atoms with Gasteiger partial charge < -0.3 is 29.5 Å². The Labute approximate surface area is 274 Å². The van der Waals surface area contributed by atoms with Crippen molar-refractivity contribution in [3.8, 4) is 23.0 Å². The van der Waals surface area contributed by atoms with Crippen LogP contribution < -0.4 is 9.47 Å². The topological polar surface area (TPSA) is 123 Å². The van der Waals surface area contributed by atoms with Crippen molar-refractivity contribution in [2.75, 3.05) is 19.8 Å². The van der Waals surface area contributed by atoms with Crippen molar-refractivity contribution in [2.45, 2.75) is 116 Å². The molecule has 0 aromatic heterocycles. The lowest BCUT2D eigenvalue weighted by Crippen LogP contribution is -2.47. The van der Waals surface area contributed by atoms with E-state index >= 15 is 0 Å². The average Bonchev–Trinajstić information content (AvgIpc) is 2.99. The first kappa shape index (κ1) is 34.6. The van der Waals surface area contributed by atoms with E-state index in [1.54, 1.807) is 27.7 Å². The maximum absolute atomic E-state index is 14.8. The van der Waals surface area contributed by atoms with Crippen LogP contribution in [0.15, 0.2) is 23.3 Å². The van der Waals surface area contributed by atoms with Gasteiger partial charge in [-0.2, -0.15) is 0 Å². The standard InChI is InChI=1S/C37H50O8Si/c1-34(2,19-38)43-32-24-14-15-37(16-17-46(7,8)9,45-36(5,6)21-40)18-25(24)33(44-35(3,4)20-39)29-28(32)30(41)26-22-10-12-23(13-11-22)27(26)31(29)42/h10,12,22-23,38-40H,11,13-15,18-21H2,1-9H3. The fraction of sp³-hybridized carbons (Fsp3) is 0.622. The van der Waals surface area contributed by atoms with Gasteiger partial charge in [0, 0.05) is 40.5 Å². The average molecular weight is 651 g/mol. The number of fused-ring (bicyclic) bond motifs is 3. The van der Waals surface area contributed by atoms with Crippen LogP contribution in [0.3, 0.4) is 0 Å². The number of aliphatic hydroxyl groups is 3. The highest BCUT2D eigenvalue weighted by atomic mass is 28.3.